The van der Waals surface area contributed by atoms with E-state index in [1.54, 1.807) is 6.20 Å². The molecule has 0 saturated heterocycles. The zero-order valence-corrected chi connectivity index (χ0v) is 11.2. The fourth-order valence-corrected chi connectivity index (χ4v) is 2.12. The molecule has 1 aromatic carbocycles. The predicted octanol–water partition coefficient (Wildman–Crippen LogP) is 2.50. The molecule has 20 heavy (non-hydrogen) atoms. The smallest absolute Gasteiger partial charge is 0.339 e. The highest BCUT2D eigenvalue weighted by molar-refractivity contribution is 7.15. The van der Waals surface area contributed by atoms with Gasteiger partial charge in [0.1, 0.15) is 11.3 Å². The molecule has 0 bridgehead atoms. The van der Waals surface area contributed by atoms with Crippen molar-refractivity contribution in [3.63, 3.8) is 0 Å². The van der Waals surface area contributed by atoms with E-state index >= 15 is 0 Å². The minimum absolute atomic E-state index is 0.256. The number of aromatic hydroxyl groups is 1. The fourth-order valence-electron chi connectivity index (χ4n) is 1.46. The lowest BCUT2D eigenvalue weighted by Crippen LogP contribution is -2.19. The Hall–Kier alpha value is -2.61. The van der Waals surface area contributed by atoms with E-state index in [2.05, 4.69) is 15.6 Å². The average molecular weight is 293 g/mol. The molecule has 0 aliphatic carbocycles. The van der Waals surface area contributed by atoms with Gasteiger partial charge in [-0.2, -0.15) is 0 Å². The normalized spacial score (nSPS) is 10.1. The first-order chi connectivity index (χ1) is 9.45. The third-order valence-electron chi connectivity index (χ3n) is 2.33. The third kappa shape index (κ3) is 3.23. The molecule has 0 spiro atoms. The molecule has 2 rings (SSSR count). The maximum Gasteiger partial charge on any atom is 0.339 e. The van der Waals surface area contributed by atoms with Crippen LogP contribution in [-0.4, -0.2) is 27.2 Å². The molecule has 0 saturated carbocycles. The Morgan fingerprint density at radius 2 is 2.05 bits per heavy atom. The number of aryl methyl sites for hydroxylation is 1. The van der Waals surface area contributed by atoms with Gasteiger partial charge in [-0.05, 0) is 25.1 Å². The summed E-state index contributed by atoms with van der Waals surface area (Å²) in [6, 6.07) is 3.23. The number of nitrogens with one attached hydrogen (secondary N) is 2. The van der Waals surface area contributed by atoms with Crippen LogP contribution in [0, 0.1) is 6.92 Å². The molecular formula is C12H11N3O4S. The number of carbonyl (C=O) groups excluding carboxylic acids is 1. The standard InChI is InChI=1S/C12H11N3O4S/c1-6-5-13-12(20-6)15-11(19)14-7-2-3-9(16)8(4-7)10(17)18/h2-5,16H,1H3,(H,17,18)(H2,13,14,15,19). The van der Waals surface area contributed by atoms with Gasteiger partial charge in [-0.3, -0.25) is 5.32 Å². The number of hydrogen-bond acceptors (Lipinski definition) is 5. The van der Waals surface area contributed by atoms with Crippen molar-refractivity contribution in [1.82, 2.24) is 4.98 Å². The van der Waals surface area contributed by atoms with Crippen molar-refractivity contribution in [1.29, 1.82) is 0 Å². The molecule has 104 valence electrons. The summed E-state index contributed by atoms with van der Waals surface area (Å²) in [5, 5.41) is 23.7. The van der Waals surface area contributed by atoms with Crippen LogP contribution in [0.25, 0.3) is 0 Å². The largest absolute Gasteiger partial charge is 0.507 e. The fraction of sp³-hybridized carbons (Fsp3) is 0.0833. The van der Waals surface area contributed by atoms with E-state index in [1.807, 2.05) is 6.92 Å². The molecule has 2 amide bonds. The Labute approximate surface area is 117 Å². The quantitative estimate of drug-likeness (QED) is 0.650. The maximum absolute atomic E-state index is 11.7. The van der Waals surface area contributed by atoms with Crippen molar-refractivity contribution in [2.75, 3.05) is 10.6 Å². The van der Waals surface area contributed by atoms with Crippen LogP contribution in [0.5, 0.6) is 5.75 Å². The SMILES string of the molecule is Cc1cnc(NC(=O)Nc2ccc(O)c(C(=O)O)c2)s1. The highest BCUT2D eigenvalue weighted by atomic mass is 32.1. The lowest BCUT2D eigenvalue weighted by atomic mass is 10.2. The number of aromatic carboxylic acids is 1. The highest BCUT2D eigenvalue weighted by Gasteiger charge is 2.12. The number of urea groups is 1. The van der Waals surface area contributed by atoms with Gasteiger partial charge in [0.2, 0.25) is 0 Å². The van der Waals surface area contributed by atoms with Gasteiger partial charge in [0, 0.05) is 16.8 Å². The summed E-state index contributed by atoms with van der Waals surface area (Å²) >= 11 is 1.32. The van der Waals surface area contributed by atoms with E-state index in [1.165, 1.54) is 29.5 Å². The zero-order chi connectivity index (χ0) is 14.7. The molecular weight excluding hydrogens is 282 g/mol. The van der Waals surface area contributed by atoms with Crippen LogP contribution in [0.15, 0.2) is 24.4 Å². The molecule has 0 atom stereocenters. The minimum atomic E-state index is -1.28. The lowest BCUT2D eigenvalue weighted by Gasteiger charge is -2.07. The lowest BCUT2D eigenvalue weighted by molar-refractivity contribution is 0.0693. The average Bonchev–Trinajstić information content (AvgIpc) is 2.76. The van der Waals surface area contributed by atoms with Gasteiger partial charge < -0.3 is 15.5 Å². The summed E-state index contributed by atoms with van der Waals surface area (Å²) in [6.45, 7) is 1.86. The maximum atomic E-state index is 11.7. The molecule has 7 nitrogen and oxygen atoms in total. The van der Waals surface area contributed by atoms with Crippen molar-refractivity contribution < 1.29 is 19.8 Å². The van der Waals surface area contributed by atoms with E-state index < -0.39 is 12.0 Å². The number of carboxylic acid groups (broad SMARTS) is 1. The van der Waals surface area contributed by atoms with Gasteiger partial charge in [0.25, 0.3) is 0 Å². The van der Waals surface area contributed by atoms with Crippen LogP contribution in [0.1, 0.15) is 15.2 Å². The molecule has 1 heterocycles. The number of benzene rings is 1. The summed E-state index contributed by atoms with van der Waals surface area (Å²) < 4.78 is 0. The van der Waals surface area contributed by atoms with Gasteiger partial charge in [-0.1, -0.05) is 0 Å². The number of amides is 2. The van der Waals surface area contributed by atoms with Gasteiger partial charge >= 0.3 is 12.0 Å². The summed E-state index contributed by atoms with van der Waals surface area (Å²) in [5.41, 5.74) is -0.0288. The molecule has 0 unspecified atom stereocenters. The topological polar surface area (TPSA) is 112 Å². The first-order valence-corrected chi connectivity index (χ1v) is 6.34. The van der Waals surface area contributed by atoms with Gasteiger partial charge in [0.05, 0.1) is 0 Å². The number of hydrogen-bond donors (Lipinski definition) is 4. The Morgan fingerprint density at radius 1 is 1.30 bits per heavy atom. The van der Waals surface area contributed by atoms with Crippen LogP contribution in [0.3, 0.4) is 0 Å². The summed E-state index contributed by atoms with van der Waals surface area (Å²) in [4.78, 5) is 27.5. The summed E-state index contributed by atoms with van der Waals surface area (Å²) in [6.07, 6.45) is 1.63. The minimum Gasteiger partial charge on any atom is -0.507 e. The van der Waals surface area contributed by atoms with Crippen LogP contribution in [0.4, 0.5) is 15.6 Å². The number of nitrogens with zero attached hydrogens (tertiary/aromatic N) is 1. The van der Waals surface area contributed by atoms with E-state index in [0.717, 1.165) is 4.88 Å². The van der Waals surface area contributed by atoms with Crippen molar-refractivity contribution in [3.8, 4) is 5.75 Å². The molecule has 0 radical (unpaired) electrons. The zero-order valence-electron chi connectivity index (χ0n) is 10.4. The number of aromatic nitrogens is 1. The molecule has 4 N–H and O–H groups in total. The number of anilines is 2. The van der Waals surface area contributed by atoms with Crippen LogP contribution >= 0.6 is 11.3 Å². The summed E-state index contributed by atoms with van der Waals surface area (Å²) in [5.74, 6) is -1.64. The Balaban J connectivity index is 2.08. The second kappa shape index (κ2) is 5.57. The van der Waals surface area contributed by atoms with Gasteiger partial charge in [-0.15, -0.1) is 11.3 Å². The first-order valence-electron chi connectivity index (χ1n) is 5.52. The number of thiazole rings is 1. The first kappa shape index (κ1) is 13.8. The van der Waals surface area contributed by atoms with E-state index in [0.29, 0.717) is 5.13 Å². The van der Waals surface area contributed by atoms with E-state index in [9.17, 15) is 14.7 Å². The van der Waals surface area contributed by atoms with Crippen LogP contribution in [0.2, 0.25) is 0 Å². The van der Waals surface area contributed by atoms with Crippen LogP contribution in [-0.2, 0) is 0 Å². The van der Waals surface area contributed by atoms with Gasteiger partial charge in [-0.25, -0.2) is 14.6 Å². The molecule has 8 heteroatoms. The molecule has 0 aliphatic heterocycles. The Kier molecular flexibility index (Phi) is 3.85. The highest BCUT2D eigenvalue weighted by Crippen LogP contribution is 2.22. The number of rotatable bonds is 3. The third-order valence-corrected chi connectivity index (χ3v) is 3.15. The molecule has 0 aliphatic rings. The monoisotopic (exact) mass is 293 g/mol. The summed E-state index contributed by atoms with van der Waals surface area (Å²) in [7, 11) is 0. The molecule has 1 aromatic heterocycles. The van der Waals surface area contributed by atoms with Crippen molar-refractivity contribution >= 4 is 34.2 Å². The van der Waals surface area contributed by atoms with Crippen molar-refractivity contribution in [2.45, 2.75) is 6.92 Å². The molecule has 2 aromatic rings. The number of phenols is 1. The van der Waals surface area contributed by atoms with Crippen molar-refractivity contribution in [3.05, 3.63) is 34.8 Å². The Bertz CT molecular complexity index is 668. The molecule has 0 fully saturated rings. The second-order valence-electron chi connectivity index (χ2n) is 3.89. The second-order valence-corrected chi connectivity index (χ2v) is 5.13. The number of carboxylic acids is 1. The predicted molar refractivity (Wildman–Crippen MR) is 74.6 cm³/mol. The Morgan fingerprint density at radius 3 is 2.65 bits per heavy atom. The van der Waals surface area contributed by atoms with E-state index in [-0.39, 0.29) is 17.0 Å². The van der Waals surface area contributed by atoms with E-state index in [4.69, 9.17) is 5.11 Å². The van der Waals surface area contributed by atoms with Crippen molar-refractivity contribution in [2.24, 2.45) is 0 Å². The van der Waals surface area contributed by atoms with Gasteiger partial charge in [0.15, 0.2) is 5.13 Å². The van der Waals surface area contributed by atoms with Crippen LogP contribution < -0.4 is 10.6 Å². The number of carbonyl (C=O) groups is 2.